The Hall–Kier alpha value is -3.60. The van der Waals surface area contributed by atoms with Crippen LogP contribution in [0.25, 0.3) is 11.0 Å². The van der Waals surface area contributed by atoms with Crippen molar-refractivity contribution in [2.45, 2.75) is 32.9 Å². The van der Waals surface area contributed by atoms with Crippen LogP contribution in [0.1, 0.15) is 41.1 Å². The molecular formula is C26H27N3O2. The Balaban J connectivity index is 1.47. The molecule has 0 radical (unpaired) electrons. The molecule has 4 aromatic rings. The lowest BCUT2D eigenvalue weighted by molar-refractivity contribution is 0.0937. The SMILES string of the molecule is Cc1ccc(OCCCn2c(C(C)NC(=O)c3ccccc3)nc3ccccc32)cc1. The molecular weight excluding hydrogens is 386 g/mol. The molecule has 1 N–H and O–H groups in total. The molecule has 3 aromatic carbocycles. The van der Waals surface area contributed by atoms with Crippen molar-refractivity contribution >= 4 is 16.9 Å². The number of aromatic nitrogens is 2. The van der Waals surface area contributed by atoms with Gasteiger partial charge in [-0.05, 0) is 56.7 Å². The highest BCUT2D eigenvalue weighted by molar-refractivity contribution is 5.94. The number of imidazole rings is 1. The first-order chi connectivity index (χ1) is 15.1. The van der Waals surface area contributed by atoms with E-state index in [2.05, 4.69) is 22.9 Å². The Bertz CT molecular complexity index is 1150. The maximum Gasteiger partial charge on any atom is 0.251 e. The number of para-hydroxylation sites is 2. The summed E-state index contributed by atoms with van der Waals surface area (Å²) in [6.45, 7) is 5.40. The van der Waals surface area contributed by atoms with E-state index >= 15 is 0 Å². The van der Waals surface area contributed by atoms with E-state index in [1.165, 1.54) is 5.56 Å². The van der Waals surface area contributed by atoms with Crippen molar-refractivity contribution in [3.63, 3.8) is 0 Å². The van der Waals surface area contributed by atoms with E-state index in [-0.39, 0.29) is 11.9 Å². The van der Waals surface area contributed by atoms with Crippen LogP contribution in [0.15, 0.2) is 78.9 Å². The van der Waals surface area contributed by atoms with Crippen LogP contribution in [0, 0.1) is 6.92 Å². The maximum atomic E-state index is 12.6. The number of carbonyl (C=O) groups is 1. The van der Waals surface area contributed by atoms with Gasteiger partial charge in [0.15, 0.2) is 0 Å². The Morgan fingerprint density at radius 1 is 1.00 bits per heavy atom. The van der Waals surface area contributed by atoms with Crippen molar-refractivity contribution in [1.29, 1.82) is 0 Å². The number of benzene rings is 3. The van der Waals surface area contributed by atoms with Crippen LogP contribution < -0.4 is 10.1 Å². The monoisotopic (exact) mass is 413 g/mol. The molecule has 5 heteroatoms. The number of nitrogens with zero attached hydrogens (tertiary/aromatic N) is 2. The second kappa shape index (κ2) is 9.47. The van der Waals surface area contributed by atoms with Crippen LogP contribution in [0.3, 0.4) is 0 Å². The first kappa shape index (κ1) is 20.7. The number of ether oxygens (including phenoxy) is 1. The molecule has 1 atom stereocenters. The van der Waals surface area contributed by atoms with Crippen molar-refractivity contribution in [1.82, 2.24) is 14.9 Å². The molecule has 1 heterocycles. The van der Waals surface area contributed by atoms with Crippen LogP contribution in [-0.4, -0.2) is 22.1 Å². The second-order valence-corrected chi connectivity index (χ2v) is 7.69. The zero-order chi connectivity index (χ0) is 21.6. The lowest BCUT2D eigenvalue weighted by Gasteiger charge is -2.17. The van der Waals surface area contributed by atoms with Gasteiger partial charge in [0.25, 0.3) is 5.91 Å². The highest BCUT2D eigenvalue weighted by Crippen LogP contribution is 2.22. The summed E-state index contributed by atoms with van der Waals surface area (Å²) in [7, 11) is 0. The average Bonchev–Trinajstić information content (AvgIpc) is 3.17. The van der Waals surface area contributed by atoms with Gasteiger partial charge in [-0.1, -0.05) is 48.0 Å². The quantitative estimate of drug-likeness (QED) is 0.399. The van der Waals surface area contributed by atoms with Crippen LogP contribution in [0.5, 0.6) is 5.75 Å². The summed E-state index contributed by atoms with van der Waals surface area (Å²) in [4.78, 5) is 17.4. The van der Waals surface area contributed by atoms with Crippen molar-refractivity contribution in [2.75, 3.05) is 6.61 Å². The summed E-state index contributed by atoms with van der Waals surface area (Å²) in [6.07, 6.45) is 0.834. The minimum Gasteiger partial charge on any atom is -0.494 e. The summed E-state index contributed by atoms with van der Waals surface area (Å²) in [5, 5.41) is 3.08. The van der Waals surface area contributed by atoms with Gasteiger partial charge in [-0.25, -0.2) is 4.98 Å². The molecule has 0 aliphatic rings. The van der Waals surface area contributed by atoms with Crippen LogP contribution in [0.4, 0.5) is 0 Å². The van der Waals surface area contributed by atoms with Crippen LogP contribution >= 0.6 is 0 Å². The smallest absolute Gasteiger partial charge is 0.251 e. The molecule has 5 nitrogen and oxygen atoms in total. The fourth-order valence-corrected chi connectivity index (χ4v) is 3.64. The van der Waals surface area contributed by atoms with Gasteiger partial charge in [-0.3, -0.25) is 4.79 Å². The van der Waals surface area contributed by atoms with E-state index in [1.54, 1.807) is 0 Å². The predicted octanol–water partition coefficient (Wildman–Crippen LogP) is 5.30. The van der Waals surface area contributed by atoms with Crippen LogP contribution in [-0.2, 0) is 6.54 Å². The van der Waals surface area contributed by atoms with E-state index < -0.39 is 0 Å². The van der Waals surface area contributed by atoms with E-state index in [1.807, 2.05) is 79.7 Å². The van der Waals surface area contributed by atoms with Gasteiger partial charge in [0, 0.05) is 12.1 Å². The summed E-state index contributed by atoms with van der Waals surface area (Å²) in [6, 6.07) is 25.2. The molecule has 4 rings (SSSR count). The lowest BCUT2D eigenvalue weighted by atomic mass is 10.2. The van der Waals surface area contributed by atoms with Crippen molar-refractivity contribution < 1.29 is 9.53 Å². The van der Waals surface area contributed by atoms with E-state index in [4.69, 9.17) is 9.72 Å². The summed E-state index contributed by atoms with van der Waals surface area (Å²) < 4.78 is 8.07. The fraction of sp³-hybridized carbons (Fsp3) is 0.231. The average molecular weight is 414 g/mol. The van der Waals surface area contributed by atoms with Gasteiger partial charge in [0.2, 0.25) is 0 Å². The highest BCUT2D eigenvalue weighted by atomic mass is 16.5. The van der Waals surface area contributed by atoms with Crippen molar-refractivity contribution in [3.8, 4) is 5.75 Å². The van der Waals surface area contributed by atoms with E-state index in [0.29, 0.717) is 12.2 Å². The molecule has 0 spiro atoms. The topological polar surface area (TPSA) is 56.1 Å². The second-order valence-electron chi connectivity index (χ2n) is 7.69. The normalized spacial score (nSPS) is 11.9. The third kappa shape index (κ3) is 4.94. The Morgan fingerprint density at radius 3 is 2.48 bits per heavy atom. The molecule has 0 saturated carbocycles. The molecule has 1 unspecified atom stereocenters. The van der Waals surface area contributed by atoms with Gasteiger partial charge in [-0.15, -0.1) is 0 Å². The third-order valence-corrected chi connectivity index (χ3v) is 5.27. The maximum absolute atomic E-state index is 12.6. The first-order valence-corrected chi connectivity index (χ1v) is 10.6. The van der Waals surface area contributed by atoms with Crippen molar-refractivity contribution in [2.24, 2.45) is 0 Å². The first-order valence-electron chi connectivity index (χ1n) is 10.6. The molecule has 1 aromatic heterocycles. The number of fused-ring (bicyclic) bond motifs is 1. The zero-order valence-electron chi connectivity index (χ0n) is 17.9. The zero-order valence-corrected chi connectivity index (χ0v) is 17.9. The number of rotatable bonds is 8. The van der Waals surface area contributed by atoms with Crippen molar-refractivity contribution in [3.05, 3.63) is 95.8 Å². The summed E-state index contributed by atoms with van der Waals surface area (Å²) in [5.41, 5.74) is 3.85. The minimum absolute atomic E-state index is 0.102. The number of carbonyl (C=O) groups excluding carboxylic acids is 1. The largest absolute Gasteiger partial charge is 0.494 e. The van der Waals surface area contributed by atoms with Crippen LogP contribution in [0.2, 0.25) is 0 Å². The lowest BCUT2D eigenvalue weighted by Crippen LogP contribution is -2.28. The Labute approximate surface area is 182 Å². The summed E-state index contributed by atoms with van der Waals surface area (Å²) in [5.74, 6) is 1.63. The molecule has 158 valence electrons. The Kier molecular flexibility index (Phi) is 6.32. The van der Waals surface area contributed by atoms with Gasteiger partial charge in [-0.2, -0.15) is 0 Å². The minimum atomic E-state index is -0.224. The van der Waals surface area contributed by atoms with Gasteiger partial charge < -0.3 is 14.6 Å². The number of aryl methyl sites for hydroxylation is 2. The fourth-order valence-electron chi connectivity index (χ4n) is 3.64. The third-order valence-electron chi connectivity index (χ3n) is 5.27. The molecule has 31 heavy (non-hydrogen) atoms. The Morgan fingerprint density at radius 2 is 1.71 bits per heavy atom. The number of hydrogen-bond acceptors (Lipinski definition) is 3. The molecule has 0 bridgehead atoms. The highest BCUT2D eigenvalue weighted by Gasteiger charge is 2.19. The van der Waals surface area contributed by atoms with Gasteiger partial charge in [0.1, 0.15) is 11.6 Å². The van der Waals surface area contributed by atoms with E-state index in [9.17, 15) is 4.79 Å². The standard InChI is InChI=1S/C26H27N3O2/c1-19-13-15-22(16-14-19)31-18-8-17-29-24-12-7-6-11-23(24)28-25(29)20(2)27-26(30)21-9-4-3-5-10-21/h3-7,9-16,20H,8,17-18H2,1-2H3,(H,27,30). The molecule has 0 aliphatic heterocycles. The van der Waals surface area contributed by atoms with Gasteiger partial charge in [0.05, 0.1) is 23.7 Å². The number of nitrogens with one attached hydrogen (secondary N) is 1. The predicted molar refractivity (Wildman–Crippen MR) is 123 cm³/mol. The summed E-state index contributed by atoms with van der Waals surface area (Å²) >= 11 is 0. The molecule has 0 fully saturated rings. The number of hydrogen-bond donors (Lipinski definition) is 1. The molecule has 0 aliphatic carbocycles. The van der Waals surface area contributed by atoms with Gasteiger partial charge >= 0.3 is 0 Å². The molecule has 0 saturated heterocycles. The number of amides is 1. The molecule has 1 amide bonds. The van der Waals surface area contributed by atoms with E-state index in [0.717, 1.165) is 35.6 Å².